The lowest BCUT2D eigenvalue weighted by Crippen LogP contribution is -2.53. The van der Waals surface area contributed by atoms with Crippen LogP contribution in [0.15, 0.2) is 6.07 Å². The third kappa shape index (κ3) is 3.19. The minimum Gasteiger partial charge on any atom is -0.534 e. The molecule has 1 heterocycles. The van der Waals surface area contributed by atoms with Crippen LogP contribution >= 0.6 is 11.8 Å². The zero-order chi connectivity index (χ0) is 15.6. The number of halogens is 2. The van der Waals surface area contributed by atoms with E-state index in [0.717, 1.165) is 0 Å². The Labute approximate surface area is 124 Å². The van der Waals surface area contributed by atoms with E-state index < -0.39 is 30.3 Å². The van der Waals surface area contributed by atoms with E-state index >= 15 is 0 Å². The van der Waals surface area contributed by atoms with Crippen molar-refractivity contribution in [2.75, 3.05) is 12.0 Å². The van der Waals surface area contributed by atoms with E-state index in [1.807, 2.05) is 0 Å². The molecule has 0 aromatic heterocycles. The summed E-state index contributed by atoms with van der Waals surface area (Å²) in [4.78, 5) is 22.4. The second kappa shape index (κ2) is 6.44. The number of hydrogen-bond acceptors (Lipinski definition) is 5. The average molecular weight is 315 g/mol. The molecule has 0 fully saturated rings. The lowest BCUT2D eigenvalue weighted by atomic mass is 9.72. The first-order valence-corrected chi connectivity index (χ1v) is 7.46. The quantitative estimate of drug-likeness (QED) is 0.628. The highest BCUT2D eigenvalue weighted by atomic mass is 32.2. The first-order valence-electron chi connectivity index (χ1n) is 6.07. The lowest BCUT2D eigenvalue weighted by Gasteiger charge is -2.29. The molecule has 112 valence electrons. The van der Waals surface area contributed by atoms with E-state index in [0.29, 0.717) is 6.07 Å². The number of carbonyl (C=O) groups excluding carboxylic acids is 2. The molecule has 0 bridgehead atoms. The van der Waals surface area contributed by atoms with Crippen molar-refractivity contribution in [2.24, 2.45) is 0 Å². The number of thioether (sulfide) groups is 1. The summed E-state index contributed by atoms with van der Waals surface area (Å²) in [5.41, 5.74) is -0.488. The Bertz CT molecular complexity index is 587. The van der Waals surface area contributed by atoms with Crippen molar-refractivity contribution in [3.8, 4) is 5.75 Å². The number of amides is 1. The van der Waals surface area contributed by atoms with Crippen molar-refractivity contribution < 1.29 is 28.0 Å². The van der Waals surface area contributed by atoms with Gasteiger partial charge in [-0.3, -0.25) is 9.59 Å². The van der Waals surface area contributed by atoms with Crippen LogP contribution in [-0.2, 0) is 11.2 Å². The number of carbonyl (C=O) groups is 2. The van der Waals surface area contributed by atoms with Gasteiger partial charge in [0.25, 0.3) is 0 Å². The highest BCUT2D eigenvalue weighted by Crippen LogP contribution is 2.33. The van der Waals surface area contributed by atoms with Crippen LogP contribution in [0.4, 0.5) is 8.78 Å². The van der Waals surface area contributed by atoms with Gasteiger partial charge in [0.05, 0.1) is 17.3 Å². The van der Waals surface area contributed by atoms with Gasteiger partial charge in [-0.15, -0.1) is 0 Å². The van der Waals surface area contributed by atoms with Gasteiger partial charge in [-0.2, -0.15) is 11.8 Å². The first-order chi connectivity index (χ1) is 9.97. The van der Waals surface area contributed by atoms with Gasteiger partial charge in [-0.05, 0) is 12.7 Å². The zero-order valence-corrected chi connectivity index (χ0v) is 11.9. The first kappa shape index (κ1) is 15.8. The monoisotopic (exact) mass is 315 g/mol. The van der Waals surface area contributed by atoms with E-state index in [-0.39, 0.29) is 35.7 Å². The molecular weight excluding hydrogens is 303 g/mol. The topological polar surface area (TPSA) is 75.6 Å². The summed E-state index contributed by atoms with van der Waals surface area (Å²) in [6, 6.07) is 0.588. The molecular formula is C12H12BF2NO4S. The molecule has 5 nitrogen and oxygen atoms in total. The number of aldehydes is 1. The number of benzene rings is 1. The van der Waals surface area contributed by atoms with Gasteiger partial charge in [-0.25, -0.2) is 8.78 Å². The molecule has 0 spiro atoms. The van der Waals surface area contributed by atoms with Crippen molar-refractivity contribution in [3.63, 3.8) is 0 Å². The van der Waals surface area contributed by atoms with Crippen LogP contribution in [-0.4, -0.2) is 42.3 Å². The Morgan fingerprint density at radius 2 is 2.33 bits per heavy atom. The summed E-state index contributed by atoms with van der Waals surface area (Å²) >= 11 is 1.29. The van der Waals surface area contributed by atoms with E-state index in [9.17, 15) is 23.4 Å². The van der Waals surface area contributed by atoms with Gasteiger partial charge in [0.2, 0.25) is 5.91 Å². The van der Waals surface area contributed by atoms with Gasteiger partial charge < -0.3 is 15.0 Å². The second-order valence-electron chi connectivity index (χ2n) is 4.50. The predicted octanol–water partition coefficient (Wildman–Crippen LogP) is 0.580. The second-order valence-corrected chi connectivity index (χ2v) is 5.37. The molecule has 0 aliphatic carbocycles. The van der Waals surface area contributed by atoms with Crippen molar-refractivity contribution in [1.29, 1.82) is 0 Å². The summed E-state index contributed by atoms with van der Waals surface area (Å²) in [7, 11) is -1.48. The van der Waals surface area contributed by atoms with Crippen molar-refractivity contribution in [1.82, 2.24) is 5.32 Å². The van der Waals surface area contributed by atoms with Gasteiger partial charge in [-0.1, -0.05) is 0 Å². The molecule has 21 heavy (non-hydrogen) atoms. The summed E-state index contributed by atoms with van der Waals surface area (Å²) in [6.07, 6.45) is 1.85. The predicted molar refractivity (Wildman–Crippen MR) is 74.4 cm³/mol. The molecule has 1 aromatic carbocycles. The normalized spacial score (nSPS) is 17.0. The fraction of sp³-hybridized carbons (Fsp3) is 0.333. The molecule has 2 N–H and O–H groups in total. The van der Waals surface area contributed by atoms with Crippen molar-refractivity contribution in [3.05, 3.63) is 28.8 Å². The van der Waals surface area contributed by atoms with Gasteiger partial charge in [0.1, 0.15) is 17.4 Å². The minimum atomic E-state index is -1.48. The molecule has 1 amide bonds. The number of fused-ring (bicyclic) bond motifs is 1. The van der Waals surface area contributed by atoms with Gasteiger partial charge in [0, 0.05) is 11.6 Å². The maximum atomic E-state index is 13.8. The Kier molecular flexibility index (Phi) is 4.84. The summed E-state index contributed by atoms with van der Waals surface area (Å²) < 4.78 is 32.3. The molecule has 1 aliphatic heterocycles. The largest absolute Gasteiger partial charge is 0.547 e. The average Bonchev–Trinajstić information content (AvgIpc) is 2.41. The standard InChI is InChI=1S/C12H12BF2NO4S/c1-21-5-11(18)16-10-2-6-8(14)3-9(15)7(4-17)12(6)20-13(10)19/h3-4,10,19H,2,5H2,1H3,(H,16,18). The van der Waals surface area contributed by atoms with Gasteiger partial charge in [0.15, 0.2) is 6.29 Å². The van der Waals surface area contributed by atoms with Crippen LogP contribution in [0.25, 0.3) is 0 Å². The molecule has 1 aliphatic rings. The van der Waals surface area contributed by atoms with Crippen LogP contribution in [0.1, 0.15) is 15.9 Å². The smallest absolute Gasteiger partial charge is 0.534 e. The molecule has 1 atom stereocenters. The van der Waals surface area contributed by atoms with Crippen LogP contribution in [0.5, 0.6) is 5.75 Å². The molecule has 0 saturated carbocycles. The number of hydrogen-bond donors (Lipinski definition) is 2. The van der Waals surface area contributed by atoms with E-state index in [4.69, 9.17) is 4.65 Å². The van der Waals surface area contributed by atoms with E-state index in [2.05, 4.69) is 5.32 Å². The third-order valence-corrected chi connectivity index (χ3v) is 3.62. The summed E-state index contributed by atoms with van der Waals surface area (Å²) in [5.74, 6) is -3.28. The van der Waals surface area contributed by atoms with Crippen LogP contribution in [0.2, 0.25) is 0 Å². The SMILES string of the molecule is CSCC(=O)NC1Cc2c(F)cc(F)c(C=O)c2OB1O. The Morgan fingerprint density at radius 3 is 2.95 bits per heavy atom. The fourth-order valence-corrected chi connectivity index (χ4v) is 2.46. The van der Waals surface area contributed by atoms with Crippen molar-refractivity contribution >= 4 is 31.1 Å². The van der Waals surface area contributed by atoms with Gasteiger partial charge >= 0.3 is 7.12 Å². The van der Waals surface area contributed by atoms with Crippen LogP contribution in [0, 0.1) is 11.6 Å². The molecule has 1 unspecified atom stereocenters. The number of nitrogens with one attached hydrogen (secondary N) is 1. The lowest BCUT2D eigenvalue weighted by molar-refractivity contribution is -0.118. The molecule has 0 saturated heterocycles. The summed E-state index contributed by atoms with van der Waals surface area (Å²) in [5, 5.41) is 12.3. The van der Waals surface area contributed by atoms with E-state index in [1.54, 1.807) is 6.26 Å². The summed E-state index contributed by atoms with van der Waals surface area (Å²) in [6.45, 7) is 0. The zero-order valence-electron chi connectivity index (χ0n) is 11.1. The highest BCUT2D eigenvalue weighted by molar-refractivity contribution is 7.99. The van der Waals surface area contributed by atoms with Crippen LogP contribution in [0.3, 0.4) is 0 Å². The maximum absolute atomic E-state index is 13.8. The molecule has 1 aromatic rings. The van der Waals surface area contributed by atoms with Crippen molar-refractivity contribution in [2.45, 2.75) is 12.4 Å². The Morgan fingerprint density at radius 1 is 1.62 bits per heavy atom. The Hall–Kier alpha value is -1.61. The number of rotatable bonds is 4. The molecule has 0 radical (unpaired) electrons. The van der Waals surface area contributed by atoms with E-state index in [1.165, 1.54) is 11.8 Å². The van der Waals surface area contributed by atoms with Crippen LogP contribution < -0.4 is 9.97 Å². The third-order valence-electron chi connectivity index (χ3n) is 3.06. The molecule has 2 rings (SSSR count). The fourth-order valence-electron chi connectivity index (χ4n) is 2.12. The molecule has 9 heteroatoms. The maximum Gasteiger partial charge on any atom is 0.547 e. The highest BCUT2D eigenvalue weighted by Gasteiger charge is 2.39. The Balaban J connectivity index is 2.31. The minimum absolute atomic E-state index is 0.0433.